The van der Waals surface area contributed by atoms with E-state index in [1.165, 1.54) is 36.0 Å². The van der Waals surface area contributed by atoms with Crippen LogP contribution in [0.25, 0.3) is 0 Å². The molecule has 0 saturated carbocycles. The van der Waals surface area contributed by atoms with Gasteiger partial charge in [-0.25, -0.2) is 0 Å². The molecule has 31 heavy (non-hydrogen) atoms. The monoisotopic (exact) mass is 435 g/mol. The molecule has 0 spiro atoms. The van der Waals surface area contributed by atoms with Crippen LogP contribution in [0.5, 0.6) is 0 Å². The van der Waals surface area contributed by atoms with Crippen molar-refractivity contribution in [2.45, 2.75) is 24.0 Å². The number of anilines is 2. The van der Waals surface area contributed by atoms with Crippen molar-refractivity contribution in [2.24, 2.45) is 0 Å². The molecule has 2 amide bonds. The number of nitro benzene ring substituents is 1. The van der Waals surface area contributed by atoms with Crippen molar-refractivity contribution >= 4 is 40.6 Å². The summed E-state index contributed by atoms with van der Waals surface area (Å²) in [6.07, 6.45) is 0. The highest BCUT2D eigenvalue weighted by Gasteiger charge is 2.15. The third-order valence-electron chi connectivity index (χ3n) is 4.40. The number of rotatable bonds is 7. The zero-order valence-corrected chi connectivity index (χ0v) is 17.8. The second-order valence-electron chi connectivity index (χ2n) is 6.90. The summed E-state index contributed by atoms with van der Waals surface area (Å²) in [7, 11) is 0. The van der Waals surface area contributed by atoms with Gasteiger partial charge in [-0.05, 0) is 61.9 Å². The summed E-state index contributed by atoms with van der Waals surface area (Å²) in [6.45, 7) is 3.78. The minimum atomic E-state index is -0.515. The second-order valence-corrected chi connectivity index (χ2v) is 8.32. The van der Waals surface area contributed by atoms with E-state index in [1.807, 2.05) is 44.2 Å². The van der Waals surface area contributed by atoms with Crippen LogP contribution in [0.4, 0.5) is 17.1 Å². The first-order valence-electron chi connectivity index (χ1n) is 9.52. The van der Waals surface area contributed by atoms with Crippen LogP contribution in [-0.4, -0.2) is 22.0 Å². The van der Waals surface area contributed by atoms with Gasteiger partial charge in [-0.2, -0.15) is 0 Å². The Labute approximate surface area is 184 Å². The highest BCUT2D eigenvalue weighted by Crippen LogP contribution is 2.27. The zero-order chi connectivity index (χ0) is 22.4. The number of thioether (sulfide) groups is 1. The molecule has 1 atom stereocenters. The topological polar surface area (TPSA) is 101 Å². The van der Waals surface area contributed by atoms with Crippen LogP contribution in [0, 0.1) is 17.0 Å². The highest BCUT2D eigenvalue weighted by molar-refractivity contribution is 8.00. The van der Waals surface area contributed by atoms with Crippen LogP contribution in [0.15, 0.2) is 77.7 Å². The number of hydrogen-bond donors (Lipinski definition) is 2. The summed E-state index contributed by atoms with van der Waals surface area (Å²) in [5, 5.41) is 16.1. The van der Waals surface area contributed by atoms with Crippen LogP contribution >= 0.6 is 11.8 Å². The Morgan fingerprint density at radius 3 is 2.23 bits per heavy atom. The van der Waals surface area contributed by atoms with Crippen molar-refractivity contribution in [1.82, 2.24) is 0 Å². The quantitative estimate of drug-likeness (QED) is 0.299. The summed E-state index contributed by atoms with van der Waals surface area (Å²) < 4.78 is 0. The van der Waals surface area contributed by atoms with Crippen molar-refractivity contribution in [1.29, 1.82) is 0 Å². The molecule has 0 heterocycles. The van der Waals surface area contributed by atoms with E-state index < -0.39 is 4.92 Å². The Bertz CT molecular complexity index is 1120. The first kappa shape index (κ1) is 22.0. The summed E-state index contributed by atoms with van der Waals surface area (Å²) in [4.78, 5) is 36.0. The number of nitro groups is 1. The van der Waals surface area contributed by atoms with Crippen molar-refractivity contribution in [3.05, 3.63) is 94.0 Å². The molecule has 0 aliphatic carbocycles. The number of aryl methyl sites for hydroxylation is 1. The maximum Gasteiger partial charge on any atom is 0.269 e. The summed E-state index contributed by atoms with van der Waals surface area (Å²) >= 11 is 1.38. The number of non-ortho nitro benzene ring substituents is 1. The van der Waals surface area contributed by atoms with Gasteiger partial charge in [-0.1, -0.05) is 18.2 Å². The number of amides is 2. The minimum absolute atomic E-state index is 0.0760. The standard InChI is InChI=1S/C23H21N3O4S/c1-15-5-3-6-18(13-15)24-22(27)16(2)31-21-8-4-7-19(14-21)25-23(28)17-9-11-20(12-10-17)26(29)30/h3-14,16H,1-2H3,(H,24,27)(H,25,28). The van der Waals surface area contributed by atoms with Gasteiger partial charge in [0, 0.05) is 34.0 Å². The Hall–Kier alpha value is -3.65. The molecule has 1 unspecified atom stereocenters. The molecule has 158 valence electrons. The highest BCUT2D eigenvalue weighted by atomic mass is 32.2. The van der Waals surface area contributed by atoms with E-state index in [1.54, 1.807) is 18.2 Å². The molecule has 8 heteroatoms. The molecule has 3 rings (SSSR count). The molecule has 0 saturated heterocycles. The SMILES string of the molecule is Cc1cccc(NC(=O)C(C)Sc2cccc(NC(=O)c3ccc([N+](=O)[O-])cc3)c2)c1. The lowest BCUT2D eigenvalue weighted by atomic mass is 10.2. The van der Waals surface area contributed by atoms with E-state index in [9.17, 15) is 19.7 Å². The summed E-state index contributed by atoms with van der Waals surface area (Å²) in [5.74, 6) is -0.488. The van der Waals surface area contributed by atoms with Crippen molar-refractivity contribution in [3.63, 3.8) is 0 Å². The summed E-state index contributed by atoms with van der Waals surface area (Å²) in [5.41, 5.74) is 2.62. The molecule has 7 nitrogen and oxygen atoms in total. The molecule has 0 aromatic heterocycles. The van der Waals surface area contributed by atoms with Crippen LogP contribution in [-0.2, 0) is 4.79 Å². The van der Waals surface area contributed by atoms with E-state index in [-0.39, 0.29) is 22.8 Å². The van der Waals surface area contributed by atoms with E-state index in [0.717, 1.165) is 16.1 Å². The fraction of sp³-hybridized carbons (Fsp3) is 0.130. The predicted molar refractivity (Wildman–Crippen MR) is 123 cm³/mol. The summed E-state index contributed by atoms with van der Waals surface area (Å²) in [6, 6.07) is 20.2. The van der Waals surface area contributed by atoms with Crippen molar-refractivity contribution < 1.29 is 14.5 Å². The molecule has 0 radical (unpaired) electrons. The van der Waals surface area contributed by atoms with Gasteiger partial charge < -0.3 is 10.6 Å². The van der Waals surface area contributed by atoms with Gasteiger partial charge in [0.2, 0.25) is 5.91 Å². The van der Waals surface area contributed by atoms with Crippen molar-refractivity contribution in [3.8, 4) is 0 Å². The third kappa shape index (κ3) is 6.16. The number of hydrogen-bond acceptors (Lipinski definition) is 5. The van der Waals surface area contributed by atoms with Crippen LogP contribution < -0.4 is 10.6 Å². The first-order chi connectivity index (χ1) is 14.8. The maximum absolute atomic E-state index is 12.5. The number of benzene rings is 3. The Morgan fingerprint density at radius 1 is 0.935 bits per heavy atom. The predicted octanol–water partition coefficient (Wildman–Crippen LogP) is 5.27. The smallest absolute Gasteiger partial charge is 0.269 e. The molecule has 0 aliphatic heterocycles. The zero-order valence-electron chi connectivity index (χ0n) is 17.0. The average Bonchev–Trinajstić information content (AvgIpc) is 2.74. The van der Waals surface area contributed by atoms with E-state index >= 15 is 0 Å². The maximum atomic E-state index is 12.5. The van der Waals surface area contributed by atoms with Gasteiger partial charge in [-0.3, -0.25) is 19.7 Å². The fourth-order valence-corrected chi connectivity index (χ4v) is 3.74. The lowest BCUT2D eigenvalue weighted by Crippen LogP contribution is -2.22. The first-order valence-corrected chi connectivity index (χ1v) is 10.4. The molecule has 3 aromatic carbocycles. The molecule has 0 fully saturated rings. The molecule has 0 bridgehead atoms. The average molecular weight is 436 g/mol. The van der Waals surface area contributed by atoms with Gasteiger partial charge in [-0.15, -0.1) is 11.8 Å². The lowest BCUT2D eigenvalue weighted by molar-refractivity contribution is -0.384. The van der Waals surface area contributed by atoms with Gasteiger partial charge in [0.05, 0.1) is 10.2 Å². The van der Waals surface area contributed by atoms with Gasteiger partial charge in [0.1, 0.15) is 0 Å². The molecule has 0 aliphatic rings. The number of carbonyl (C=O) groups excluding carboxylic acids is 2. The van der Waals surface area contributed by atoms with Crippen LogP contribution in [0.1, 0.15) is 22.8 Å². The molecule has 3 aromatic rings. The van der Waals surface area contributed by atoms with Gasteiger partial charge in [0.25, 0.3) is 11.6 Å². The molecule has 2 N–H and O–H groups in total. The van der Waals surface area contributed by atoms with Crippen molar-refractivity contribution in [2.75, 3.05) is 10.6 Å². The third-order valence-corrected chi connectivity index (χ3v) is 5.49. The Morgan fingerprint density at radius 2 is 1.58 bits per heavy atom. The lowest BCUT2D eigenvalue weighted by Gasteiger charge is -2.13. The molecular formula is C23H21N3O4S. The van der Waals surface area contributed by atoms with E-state index in [0.29, 0.717) is 11.3 Å². The minimum Gasteiger partial charge on any atom is -0.325 e. The molecular weight excluding hydrogens is 414 g/mol. The largest absolute Gasteiger partial charge is 0.325 e. The van der Waals surface area contributed by atoms with E-state index in [2.05, 4.69) is 10.6 Å². The van der Waals surface area contributed by atoms with Gasteiger partial charge in [0.15, 0.2) is 0 Å². The normalized spacial score (nSPS) is 11.4. The van der Waals surface area contributed by atoms with Crippen LogP contribution in [0.2, 0.25) is 0 Å². The number of nitrogens with zero attached hydrogens (tertiary/aromatic N) is 1. The Kier molecular flexibility index (Phi) is 7.04. The number of nitrogens with one attached hydrogen (secondary N) is 2. The Balaban J connectivity index is 1.62. The van der Waals surface area contributed by atoms with Crippen LogP contribution in [0.3, 0.4) is 0 Å². The number of carbonyl (C=O) groups is 2. The fourth-order valence-electron chi connectivity index (χ4n) is 2.81. The second kappa shape index (κ2) is 9.90. The van der Waals surface area contributed by atoms with E-state index in [4.69, 9.17) is 0 Å². The van der Waals surface area contributed by atoms with Gasteiger partial charge >= 0.3 is 0 Å².